The average Bonchev–Trinajstić information content (AvgIpc) is 2.10. The molecule has 3 heteroatoms. The van der Waals surface area contributed by atoms with E-state index in [0.29, 0.717) is 5.56 Å². The van der Waals surface area contributed by atoms with Gasteiger partial charge in [-0.2, -0.15) is 0 Å². The van der Waals surface area contributed by atoms with Gasteiger partial charge in [0.25, 0.3) is 0 Å². The Hall–Kier alpha value is -0.830. The molecule has 10 heavy (non-hydrogen) atoms. The summed E-state index contributed by atoms with van der Waals surface area (Å²) in [5, 5.41) is 0. The number of hydrogen-bond acceptors (Lipinski definition) is 2. The lowest BCUT2D eigenvalue weighted by Crippen LogP contribution is -2.10. The van der Waals surface area contributed by atoms with Crippen LogP contribution in [0.4, 0.5) is 0 Å². The summed E-state index contributed by atoms with van der Waals surface area (Å²) in [7, 11) is 0. The van der Waals surface area contributed by atoms with Gasteiger partial charge in [0.05, 0.1) is 5.56 Å². The third-order valence-electron chi connectivity index (χ3n) is 1.31. The Labute approximate surface area is 63.7 Å². The zero-order valence-corrected chi connectivity index (χ0v) is 6.79. The quantitative estimate of drug-likeness (QED) is 0.655. The molecule has 2 nitrogen and oxygen atoms in total. The lowest BCUT2D eigenvalue weighted by atomic mass is 10.2. The molecule has 0 aliphatic carbocycles. The first-order valence-corrected chi connectivity index (χ1v) is 3.79. The molecule has 1 heterocycles. The number of primary amides is 1. The summed E-state index contributed by atoms with van der Waals surface area (Å²) in [4.78, 5) is 12.8. The molecule has 0 spiro atoms. The normalized spacial score (nSPS) is 9.80. The molecule has 2 N–H and O–H groups in total. The first-order valence-electron chi connectivity index (χ1n) is 2.98. The second-order valence-electron chi connectivity index (χ2n) is 2.19. The molecular weight excluding hydrogens is 146 g/mol. The summed E-state index contributed by atoms with van der Waals surface area (Å²) in [6.45, 7) is 3.86. The van der Waals surface area contributed by atoms with Crippen molar-refractivity contribution in [1.29, 1.82) is 0 Å². The molecular formula is C7H9NOS. The van der Waals surface area contributed by atoms with Crippen molar-refractivity contribution in [3.8, 4) is 0 Å². The first kappa shape index (κ1) is 7.28. The van der Waals surface area contributed by atoms with Gasteiger partial charge in [-0.15, -0.1) is 11.3 Å². The molecule has 1 amide bonds. The highest BCUT2D eigenvalue weighted by Gasteiger charge is 2.06. The largest absolute Gasteiger partial charge is 0.366 e. The lowest BCUT2D eigenvalue weighted by molar-refractivity contribution is 0.1000. The maximum atomic E-state index is 10.7. The van der Waals surface area contributed by atoms with Crippen LogP contribution in [0.3, 0.4) is 0 Å². The maximum absolute atomic E-state index is 10.7. The number of thiophene rings is 1. The molecule has 0 saturated heterocycles. The summed E-state index contributed by atoms with van der Waals surface area (Å²) in [5.74, 6) is -0.332. The van der Waals surface area contributed by atoms with Crippen molar-refractivity contribution < 1.29 is 4.79 Å². The van der Waals surface area contributed by atoms with Crippen LogP contribution in [-0.2, 0) is 0 Å². The minimum Gasteiger partial charge on any atom is -0.366 e. The molecule has 0 saturated carbocycles. The first-order chi connectivity index (χ1) is 4.61. The molecule has 0 bridgehead atoms. The fourth-order valence-corrected chi connectivity index (χ4v) is 1.80. The average molecular weight is 155 g/mol. The van der Waals surface area contributed by atoms with E-state index in [-0.39, 0.29) is 5.91 Å². The van der Waals surface area contributed by atoms with Gasteiger partial charge in [0, 0.05) is 9.75 Å². The third kappa shape index (κ3) is 1.19. The minimum absolute atomic E-state index is 0.332. The van der Waals surface area contributed by atoms with Crippen LogP contribution in [0, 0.1) is 13.8 Å². The molecule has 0 aliphatic heterocycles. The van der Waals surface area contributed by atoms with E-state index in [0.717, 1.165) is 9.75 Å². The lowest BCUT2D eigenvalue weighted by Gasteiger charge is -1.87. The van der Waals surface area contributed by atoms with Gasteiger partial charge in [0.15, 0.2) is 0 Å². The van der Waals surface area contributed by atoms with Crippen LogP contribution < -0.4 is 5.73 Å². The smallest absolute Gasteiger partial charge is 0.249 e. The number of carbonyl (C=O) groups is 1. The van der Waals surface area contributed by atoms with Crippen LogP contribution >= 0.6 is 11.3 Å². The van der Waals surface area contributed by atoms with Crippen molar-refractivity contribution >= 4 is 17.2 Å². The van der Waals surface area contributed by atoms with Crippen molar-refractivity contribution in [3.05, 3.63) is 21.4 Å². The van der Waals surface area contributed by atoms with Crippen molar-refractivity contribution in [2.45, 2.75) is 13.8 Å². The van der Waals surface area contributed by atoms with Gasteiger partial charge in [-0.3, -0.25) is 4.79 Å². The van der Waals surface area contributed by atoms with E-state index in [1.807, 2.05) is 19.9 Å². The second-order valence-corrected chi connectivity index (χ2v) is 3.65. The fourth-order valence-electron chi connectivity index (χ4n) is 0.875. The zero-order chi connectivity index (χ0) is 7.72. The molecule has 1 rings (SSSR count). The molecule has 0 aliphatic rings. The van der Waals surface area contributed by atoms with Crippen molar-refractivity contribution in [3.63, 3.8) is 0 Å². The number of aryl methyl sites for hydroxylation is 2. The van der Waals surface area contributed by atoms with E-state index in [2.05, 4.69) is 0 Å². The predicted octanol–water partition coefficient (Wildman–Crippen LogP) is 1.46. The number of carbonyl (C=O) groups excluding carboxylic acids is 1. The molecule has 1 aromatic heterocycles. The van der Waals surface area contributed by atoms with Gasteiger partial charge >= 0.3 is 0 Å². The zero-order valence-electron chi connectivity index (χ0n) is 5.97. The minimum atomic E-state index is -0.332. The molecule has 54 valence electrons. The summed E-state index contributed by atoms with van der Waals surface area (Å²) in [6, 6.07) is 1.82. The summed E-state index contributed by atoms with van der Waals surface area (Å²) in [5.41, 5.74) is 5.75. The van der Waals surface area contributed by atoms with Gasteiger partial charge in [-0.05, 0) is 19.9 Å². The Morgan fingerprint density at radius 3 is 2.40 bits per heavy atom. The number of nitrogens with two attached hydrogens (primary N) is 1. The van der Waals surface area contributed by atoms with Gasteiger partial charge in [0.1, 0.15) is 0 Å². The van der Waals surface area contributed by atoms with Crippen LogP contribution in [0.1, 0.15) is 20.1 Å². The molecule has 0 aromatic carbocycles. The van der Waals surface area contributed by atoms with Crippen LogP contribution in [0.25, 0.3) is 0 Å². The van der Waals surface area contributed by atoms with Crippen molar-refractivity contribution in [2.75, 3.05) is 0 Å². The highest BCUT2D eigenvalue weighted by Crippen LogP contribution is 2.19. The van der Waals surface area contributed by atoms with Crippen LogP contribution in [0.15, 0.2) is 6.07 Å². The fraction of sp³-hybridized carbons (Fsp3) is 0.286. The molecule has 0 unspecified atom stereocenters. The molecule has 1 aromatic rings. The summed E-state index contributed by atoms with van der Waals surface area (Å²) < 4.78 is 0. The van der Waals surface area contributed by atoms with Crippen LogP contribution in [0.2, 0.25) is 0 Å². The Kier molecular flexibility index (Phi) is 1.76. The van der Waals surface area contributed by atoms with Gasteiger partial charge in [-0.25, -0.2) is 0 Å². The van der Waals surface area contributed by atoms with E-state index >= 15 is 0 Å². The monoisotopic (exact) mass is 155 g/mol. The van der Waals surface area contributed by atoms with E-state index < -0.39 is 0 Å². The van der Waals surface area contributed by atoms with Gasteiger partial charge in [-0.1, -0.05) is 0 Å². The topological polar surface area (TPSA) is 43.1 Å². The summed E-state index contributed by atoms with van der Waals surface area (Å²) >= 11 is 1.60. The van der Waals surface area contributed by atoms with E-state index in [4.69, 9.17) is 5.73 Å². The molecule has 0 fully saturated rings. The van der Waals surface area contributed by atoms with Crippen LogP contribution in [-0.4, -0.2) is 5.91 Å². The third-order valence-corrected chi connectivity index (χ3v) is 2.27. The summed E-state index contributed by atoms with van der Waals surface area (Å²) in [6.07, 6.45) is 0. The van der Waals surface area contributed by atoms with Crippen molar-refractivity contribution in [2.24, 2.45) is 5.73 Å². The standard InChI is InChI=1S/C7H9NOS/c1-4-3-6(7(8)9)5(2)10-4/h3H,1-2H3,(H2,8,9). The second kappa shape index (κ2) is 2.42. The van der Waals surface area contributed by atoms with E-state index in [1.54, 1.807) is 11.3 Å². The Bertz CT molecular complexity index is 265. The Balaban J connectivity index is 3.15. The van der Waals surface area contributed by atoms with Gasteiger partial charge in [0.2, 0.25) is 5.91 Å². The molecule has 0 radical (unpaired) electrons. The van der Waals surface area contributed by atoms with Gasteiger partial charge < -0.3 is 5.73 Å². The van der Waals surface area contributed by atoms with Crippen molar-refractivity contribution in [1.82, 2.24) is 0 Å². The van der Waals surface area contributed by atoms with E-state index in [9.17, 15) is 4.79 Å². The van der Waals surface area contributed by atoms with E-state index in [1.165, 1.54) is 0 Å². The number of amides is 1. The number of hydrogen-bond donors (Lipinski definition) is 1. The van der Waals surface area contributed by atoms with Crippen LogP contribution in [0.5, 0.6) is 0 Å². The Morgan fingerprint density at radius 1 is 1.60 bits per heavy atom. The highest BCUT2D eigenvalue weighted by molar-refractivity contribution is 7.12. The number of rotatable bonds is 1. The Morgan fingerprint density at radius 2 is 2.20 bits per heavy atom. The molecule has 0 atom stereocenters. The maximum Gasteiger partial charge on any atom is 0.249 e. The SMILES string of the molecule is Cc1cc(C(N)=O)c(C)s1. The predicted molar refractivity (Wildman–Crippen MR) is 42.3 cm³/mol. The highest BCUT2D eigenvalue weighted by atomic mass is 32.1.